The zero-order chi connectivity index (χ0) is 16.8. The number of carboxylic acid groups (broad SMARTS) is 1. The van der Waals surface area contributed by atoms with Crippen molar-refractivity contribution < 1.29 is 24.4 Å². The van der Waals surface area contributed by atoms with Crippen LogP contribution in [0, 0.1) is 22.0 Å². The van der Waals surface area contributed by atoms with E-state index in [4.69, 9.17) is 9.84 Å². The Kier molecular flexibility index (Phi) is 5.51. The quantitative estimate of drug-likeness (QED) is 0.635. The largest absolute Gasteiger partial charge is 0.481 e. The Balaban J connectivity index is 1.73. The van der Waals surface area contributed by atoms with Crippen molar-refractivity contribution in [1.29, 1.82) is 0 Å². The highest BCUT2D eigenvalue weighted by Gasteiger charge is 2.26. The third kappa shape index (κ3) is 4.94. The number of carboxylic acids is 1. The molecule has 8 heteroatoms. The van der Waals surface area contributed by atoms with Gasteiger partial charge in [-0.05, 0) is 43.7 Å². The van der Waals surface area contributed by atoms with E-state index in [0.717, 1.165) is 12.8 Å². The van der Waals surface area contributed by atoms with E-state index in [2.05, 4.69) is 5.32 Å². The van der Waals surface area contributed by atoms with Crippen LogP contribution in [0.1, 0.15) is 25.7 Å². The van der Waals surface area contributed by atoms with E-state index in [9.17, 15) is 19.7 Å². The highest BCUT2D eigenvalue weighted by Crippen LogP contribution is 2.28. The number of carbonyl (C=O) groups is 2. The average Bonchev–Trinajstić information content (AvgIpc) is 2.54. The van der Waals surface area contributed by atoms with Gasteiger partial charge in [-0.15, -0.1) is 0 Å². The van der Waals surface area contributed by atoms with Crippen molar-refractivity contribution in [2.45, 2.75) is 25.7 Å². The fraction of sp³-hybridized carbons (Fsp3) is 0.467. The lowest BCUT2D eigenvalue weighted by atomic mass is 9.82. The van der Waals surface area contributed by atoms with Crippen LogP contribution in [-0.2, 0) is 4.79 Å². The summed E-state index contributed by atoms with van der Waals surface area (Å²) in [7, 11) is 0. The fourth-order valence-corrected chi connectivity index (χ4v) is 2.62. The molecule has 0 radical (unpaired) electrons. The van der Waals surface area contributed by atoms with Crippen LogP contribution in [0.25, 0.3) is 0 Å². The zero-order valence-electron chi connectivity index (χ0n) is 12.4. The average molecular weight is 322 g/mol. The predicted molar refractivity (Wildman–Crippen MR) is 80.2 cm³/mol. The summed E-state index contributed by atoms with van der Waals surface area (Å²) in [5.74, 6) is -0.565. The Bertz CT molecular complexity index is 578. The maximum atomic E-state index is 11.7. The third-order valence-corrected chi connectivity index (χ3v) is 3.99. The molecule has 124 valence electrons. The molecule has 0 unspecified atom stereocenters. The van der Waals surface area contributed by atoms with Crippen molar-refractivity contribution in [3.8, 4) is 5.75 Å². The van der Waals surface area contributed by atoms with Crippen LogP contribution in [0.3, 0.4) is 0 Å². The van der Waals surface area contributed by atoms with Crippen LogP contribution in [0.5, 0.6) is 5.75 Å². The molecule has 2 N–H and O–H groups in total. The first-order valence-corrected chi connectivity index (χ1v) is 7.38. The SMILES string of the molecule is O=C(NCC1CCC(C(=O)O)CC1)Oc1ccc([N+](=O)[O-])cc1. The summed E-state index contributed by atoms with van der Waals surface area (Å²) >= 11 is 0. The first-order chi connectivity index (χ1) is 11.0. The molecule has 0 saturated heterocycles. The first-order valence-electron chi connectivity index (χ1n) is 7.38. The van der Waals surface area contributed by atoms with Crippen molar-refractivity contribution in [1.82, 2.24) is 5.32 Å². The molecule has 0 atom stereocenters. The minimum atomic E-state index is -0.756. The van der Waals surface area contributed by atoms with Crippen LogP contribution in [-0.4, -0.2) is 28.6 Å². The second kappa shape index (κ2) is 7.57. The van der Waals surface area contributed by atoms with Gasteiger partial charge in [-0.3, -0.25) is 14.9 Å². The molecule has 1 aromatic rings. The molecule has 1 aliphatic carbocycles. The number of nitrogens with one attached hydrogen (secondary N) is 1. The normalized spacial score (nSPS) is 20.5. The molecule has 8 nitrogen and oxygen atoms in total. The predicted octanol–water partition coefficient (Wildman–Crippen LogP) is 2.57. The van der Waals surface area contributed by atoms with Gasteiger partial charge in [0.05, 0.1) is 10.8 Å². The number of aliphatic carboxylic acids is 1. The maximum Gasteiger partial charge on any atom is 0.412 e. The molecule has 0 bridgehead atoms. The number of carbonyl (C=O) groups excluding carboxylic acids is 1. The van der Waals surface area contributed by atoms with E-state index in [-0.39, 0.29) is 23.3 Å². The number of nitrogens with zero attached hydrogens (tertiary/aromatic N) is 1. The van der Waals surface area contributed by atoms with Gasteiger partial charge in [-0.25, -0.2) is 4.79 Å². The molecule has 0 aromatic heterocycles. The van der Waals surface area contributed by atoms with E-state index in [1.807, 2.05) is 0 Å². The Labute approximate surface area is 132 Å². The number of nitro groups is 1. The molecular formula is C15H18N2O6. The molecule has 0 spiro atoms. The monoisotopic (exact) mass is 322 g/mol. The van der Waals surface area contributed by atoms with Gasteiger partial charge in [0.15, 0.2) is 0 Å². The molecule has 1 aromatic carbocycles. The van der Waals surface area contributed by atoms with Gasteiger partial charge in [-0.2, -0.15) is 0 Å². The zero-order valence-corrected chi connectivity index (χ0v) is 12.4. The van der Waals surface area contributed by atoms with Crippen molar-refractivity contribution >= 4 is 17.7 Å². The Morgan fingerprint density at radius 1 is 1.22 bits per heavy atom. The molecular weight excluding hydrogens is 304 g/mol. The van der Waals surface area contributed by atoms with E-state index >= 15 is 0 Å². The van der Waals surface area contributed by atoms with Crippen molar-refractivity contribution in [2.75, 3.05) is 6.54 Å². The van der Waals surface area contributed by atoms with E-state index in [0.29, 0.717) is 19.4 Å². The Hall–Kier alpha value is -2.64. The standard InChI is InChI=1S/C15H18N2O6/c18-14(19)11-3-1-10(2-4-11)9-16-15(20)23-13-7-5-12(6-8-13)17(21)22/h5-8,10-11H,1-4,9H2,(H,16,20)(H,18,19). The molecule has 1 aliphatic rings. The van der Waals surface area contributed by atoms with Crippen LogP contribution < -0.4 is 10.1 Å². The van der Waals surface area contributed by atoms with Crippen LogP contribution >= 0.6 is 0 Å². The molecule has 2 rings (SSSR count). The summed E-state index contributed by atoms with van der Waals surface area (Å²) in [5.41, 5.74) is -0.0760. The number of amides is 1. The second-order valence-electron chi connectivity index (χ2n) is 5.58. The topological polar surface area (TPSA) is 119 Å². The minimum Gasteiger partial charge on any atom is -0.481 e. The summed E-state index contributed by atoms with van der Waals surface area (Å²) in [6.45, 7) is 0.429. The molecule has 1 saturated carbocycles. The van der Waals surface area contributed by atoms with Gasteiger partial charge in [0, 0.05) is 18.7 Å². The van der Waals surface area contributed by atoms with E-state index < -0.39 is 17.0 Å². The summed E-state index contributed by atoms with van der Waals surface area (Å²) in [6, 6.07) is 5.23. The van der Waals surface area contributed by atoms with Crippen molar-refractivity contribution in [3.05, 3.63) is 34.4 Å². The maximum absolute atomic E-state index is 11.7. The number of hydrogen-bond donors (Lipinski definition) is 2. The number of rotatable bonds is 5. The fourth-order valence-electron chi connectivity index (χ4n) is 2.62. The Morgan fingerprint density at radius 3 is 2.35 bits per heavy atom. The van der Waals surface area contributed by atoms with Crippen molar-refractivity contribution in [2.24, 2.45) is 11.8 Å². The Morgan fingerprint density at radius 2 is 1.83 bits per heavy atom. The highest BCUT2D eigenvalue weighted by molar-refractivity contribution is 5.70. The van der Waals surface area contributed by atoms with Crippen LogP contribution in [0.15, 0.2) is 24.3 Å². The third-order valence-electron chi connectivity index (χ3n) is 3.99. The lowest BCUT2D eigenvalue weighted by molar-refractivity contribution is -0.384. The van der Waals surface area contributed by atoms with Gasteiger partial charge < -0.3 is 15.2 Å². The van der Waals surface area contributed by atoms with Gasteiger partial charge in [0.25, 0.3) is 5.69 Å². The molecule has 1 fully saturated rings. The number of benzene rings is 1. The molecule has 0 aliphatic heterocycles. The van der Waals surface area contributed by atoms with E-state index in [1.165, 1.54) is 24.3 Å². The molecule has 1 amide bonds. The number of ether oxygens (including phenoxy) is 1. The highest BCUT2D eigenvalue weighted by atomic mass is 16.6. The summed E-state index contributed by atoms with van der Waals surface area (Å²) in [6.07, 6.45) is 2.14. The lowest BCUT2D eigenvalue weighted by Crippen LogP contribution is -2.34. The first kappa shape index (κ1) is 16.7. The lowest BCUT2D eigenvalue weighted by Gasteiger charge is -2.25. The number of hydrogen-bond acceptors (Lipinski definition) is 5. The van der Waals surface area contributed by atoms with Crippen molar-refractivity contribution in [3.63, 3.8) is 0 Å². The van der Waals surface area contributed by atoms with Gasteiger partial charge in [0.1, 0.15) is 5.75 Å². The number of nitro benzene ring substituents is 1. The molecule has 23 heavy (non-hydrogen) atoms. The molecule has 0 heterocycles. The summed E-state index contributed by atoms with van der Waals surface area (Å²) in [5, 5.41) is 22.1. The van der Waals surface area contributed by atoms with Gasteiger partial charge in [-0.1, -0.05) is 0 Å². The smallest absolute Gasteiger partial charge is 0.412 e. The second-order valence-corrected chi connectivity index (χ2v) is 5.58. The van der Waals surface area contributed by atoms with Gasteiger partial charge >= 0.3 is 12.1 Å². The summed E-state index contributed by atoms with van der Waals surface area (Å²) < 4.78 is 5.03. The summed E-state index contributed by atoms with van der Waals surface area (Å²) in [4.78, 5) is 32.5. The van der Waals surface area contributed by atoms with Crippen LogP contribution in [0.4, 0.5) is 10.5 Å². The van der Waals surface area contributed by atoms with Crippen LogP contribution in [0.2, 0.25) is 0 Å². The number of non-ortho nitro benzene ring substituents is 1. The van der Waals surface area contributed by atoms with Gasteiger partial charge in [0.2, 0.25) is 0 Å². The minimum absolute atomic E-state index is 0.0760. The van der Waals surface area contributed by atoms with E-state index in [1.54, 1.807) is 0 Å².